The predicted octanol–water partition coefficient (Wildman–Crippen LogP) is 5.36. The Morgan fingerprint density at radius 1 is 1.11 bits per heavy atom. The van der Waals surface area contributed by atoms with E-state index in [1.165, 1.54) is 17.8 Å². The average molecular weight is 414 g/mol. The van der Waals surface area contributed by atoms with Crippen molar-refractivity contribution in [2.24, 2.45) is 7.05 Å². The normalized spacial score (nSPS) is 11.6. The van der Waals surface area contributed by atoms with Crippen LogP contribution in [0.4, 0.5) is 13.2 Å². The van der Waals surface area contributed by atoms with Crippen LogP contribution in [0.15, 0.2) is 53.7 Å². The summed E-state index contributed by atoms with van der Waals surface area (Å²) >= 11 is 7.14. The first-order valence-electron chi connectivity index (χ1n) is 7.88. The van der Waals surface area contributed by atoms with Gasteiger partial charge in [0.2, 0.25) is 0 Å². The highest BCUT2D eigenvalue weighted by Gasteiger charge is 2.30. The number of alkyl halides is 3. The summed E-state index contributed by atoms with van der Waals surface area (Å²) in [7, 11) is 1.79. The molecule has 27 heavy (non-hydrogen) atoms. The molecule has 0 bridgehead atoms. The Hall–Kier alpha value is -2.19. The number of hydrogen-bond donors (Lipinski definition) is 0. The van der Waals surface area contributed by atoms with Crippen molar-refractivity contribution >= 4 is 23.4 Å². The topological polar surface area (TPSA) is 39.9 Å². The van der Waals surface area contributed by atoms with Gasteiger partial charge in [0.05, 0.1) is 5.56 Å². The summed E-state index contributed by atoms with van der Waals surface area (Å²) in [5.74, 6) is 1.62. The highest BCUT2D eigenvalue weighted by Crippen LogP contribution is 2.31. The van der Waals surface area contributed by atoms with Gasteiger partial charge in [0, 0.05) is 17.8 Å². The minimum absolute atomic E-state index is 0.218. The van der Waals surface area contributed by atoms with Gasteiger partial charge in [-0.25, -0.2) is 0 Å². The lowest BCUT2D eigenvalue weighted by molar-refractivity contribution is -0.137. The first kappa shape index (κ1) is 19.6. The van der Waals surface area contributed by atoms with Crippen molar-refractivity contribution in [2.45, 2.75) is 23.7 Å². The lowest BCUT2D eigenvalue weighted by atomic mass is 10.1. The number of benzene rings is 2. The van der Waals surface area contributed by atoms with Gasteiger partial charge in [-0.3, -0.25) is 0 Å². The number of ether oxygens (including phenoxy) is 1. The van der Waals surface area contributed by atoms with E-state index >= 15 is 0 Å². The van der Waals surface area contributed by atoms with E-state index in [-0.39, 0.29) is 6.61 Å². The molecule has 0 aliphatic rings. The number of nitrogens with zero attached hydrogens (tertiary/aromatic N) is 3. The van der Waals surface area contributed by atoms with E-state index in [9.17, 15) is 13.2 Å². The number of halogens is 4. The molecule has 3 rings (SSSR count). The molecule has 0 aliphatic heterocycles. The van der Waals surface area contributed by atoms with Crippen molar-refractivity contribution in [2.75, 3.05) is 0 Å². The summed E-state index contributed by atoms with van der Waals surface area (Å²) in [5.41, 5.74) is -0.0904. The number of thioether (sulfide) groups is 1. The first-order chi connectivity index (χ1) is 12.8. The van der Waals surface area contributed by atoms with Crippen molar-refractivity contribution in [3.05, 3.63) is 70.5 Å². The second-order valence-electron chi connectivity index (χ2n) is 5.69. The maximum Gasteiger partial charge on any atom is 0.416 e. The van der Waals surface area contributed by atoms with E-state index < -0.39 is 11.7 Å². The summed E-state index contributed by atoms with van der Waals surface area (Å²) in [6.45, 7) is 0.218. The van der Waals surface area contributed by atoms with E-state index in [2.05, 4.69) is 10.2 Å². The Kier molecular flexibility index (Phi) is 5.96. The molecule has 0 amide bonds. The van der Waals surface area contributed by atoms with Crippen LogP contribution in [0.1, 0.15) is 17.0 Å². The second-order valence-corrected chi connectivity index (χ2v) is 7.07. The largest absolute Gasteiger partial charge is 0.486 e. The summed E-state index contributed by atoms with van der Waals surface area (Å²) in [6.07, 6.45) is -4.35. The van der Waals surface area contributed by atoms with E-state index in [4.69, 9.17) is 16.3 Å². The van der Waals surface area contributed by atoms with Crippen LogP contribution in [-0.4, -0.2) is 14.8 Å². The average Bonchev–Trinajstić information content (AvgIpc) is 2.99. The van der Waals surface area contributed by atoms with Crippen LogP contribution in [0.25, 0.3) is 0 Å². The zero-order valence-electron chi connectivity index (χ0n) is 14.2. The van der Waals surface area contributed by atoms with Crippen molar-refractivity contribution in [3.63, 3.8) is 0 Å². The van der Waals surface area contributed by atoms with Gasteiger partial charge in [0.15, 0.2) is 11.0 Å². The maximum absolute atomic E-state index is 12.8. The zero-order valence-corrected chi connectivity index (χ0v) is 15.8. The second kappa shape index (κ2) is 8.22. The quantitative estimate of drug-likeness (QED) is 0.510. The SMILES string of the molecule is Cn1c(COc2ccc(Cl)cc2)nnc1SCc1cccc(C(F)(F)F)c1. The van der Waals surface area contributed by atoms with E-state index in [1.54, 1.807) is 41.9 Å². The molecule has 0 atom stereocenters. The van der Waals surface area contributed by atoms with Gasteiger partial charge in [-0.2, -0.15) is 13.2 Å². The zero-order chi connectivity index (χ0) is 19.4. The van der Waals surface area contributed by atoms with Crippen molar-refractivity contribution in [1.29, 1.82) is 0 Å². The Bertz CT molecular complexity index is 913. The standard InChI is InChI=1S/C18H15ClF3N3OS/c1-25-16(10-26-15-7-5-14(19)6-8-15)23-24-17(25)27-11-12-3-2-4-13(9-12)18(20,21)22/h2-9H,10-11H2,1H3. The highest BCUT2D eigenvalue weighted by atomic mass is 35.5. The molecular formula is C18H15ClF3N3OS. The highest BCUT2D eigenvalue weighted by molar-refractivity contribution is 7.98. The van der Waals surface area contributed by atoms with Crippen molar-refractivity contribution < 1.29 is 17.9 Å². The van der Waals surface area contributed by atoms with Gasteiger partial charge in [-0.15, -0.1) is 10.2 Å². The summed E-state index contributed by atoms with van der Waals surface area (Å²) < 4.78 is 45.8. The number of rotatable bonds is 6. The van der Waals surface area contributed by atoms with Crippen molar-refractivity contribution in [1.82, 2.24) is 14.8 Å². The van der Waals surface area contributed by atoms with Gasteiger partial charge >= 0.3 is 6.18 Å². The van der Waals surface area contributed by atoms with Crippen LogP contribution in [0.5, 0.6) is 5.75 Å². The van der Waals surface area contributed by atoms with Gasteiger partial charge in [-0.05, 0) is 35.9 Å². The smallest absolute Gasteiger partial charge is 0.416 e. The van der Waals surface area contributed by atoms with Crippen LogP contribution < -0.4 is 4.74 Å². The Morgan fingerprint density at radius 3 is 2.56 bits per heavy atom. The molecule has 1 heterocycles. The van der Waals surface area contributed by atoms with Crippen LogP contribution in [-0.2, 0) is 25.6 Å². The number of aromatic nitrogens is 3. The molecule has 0 unspecified atom stereocenters. The van der Waals surface area contributed by atoms with Gasteiger partial charge in [0.25, 0.3) is 0 Å². The molecule has 142 valence electrons. The molecule has 2 aromatic carbocycles. The van der Waals surface area contributed by atoms with Crippen LogP contribution >= 0.6 is 23.4 Å². The van der Waals surface area contributed by atoms with E-state index in [0.29, 0.717) is 33.1 Å². The summed E-state index contributed by atoms with van der Waals surface area (Å²) in [6, 6.07) is 12.2. The molecule has 3 aromatic rings. The fraction of sp³-hybridized carbons (Fsp3) is 0.222. The molecule has 0 radical (unpaired) electrons. The molecule has 0 aliphatic carbocycles. The third-order valence-electron chi connectivity index (χ3n) is 3.73. The Balaban J connectivity index is 1.61. The predicted molar refractivity (Wildman–Crippen MR) is 97.8 cm³/mol. The third kappa shape index (κ3) is 5.17. The van der Waals surface area contributed by atoms with Crippen molar-refractivity contribution in [3.8, 4) is 5.75 Å². The first-order valence-corrected chi connectivity index (χ1v) is 9.25. The molecular weight excluding hydrogens is 399 g/mol. The third-order valence-corrected chi connectivity index (χ3v) is 5.07. The minimum atomic E-state index is -4.35. The Morgan fingerprint density at radius 2 is 1.85 bits per heavy atom. The summed E-state index contributed by atoms with van der Waals surface area (Å²) in [5, 5.41) is 9.38. The molecule has 0 spiro atoms. The monoisotopic (exact) mass is 413 g/mol. The number of hydrogen-bond acceptors (Lipinski definition) is 4. The lowest BCUT2D eigenvalue weighted by Gasteiger charge is -2.09. The molecule has 0 N–H and O–H groups in total. The lowest BCUT2D eigenvalue weighted by Crippen LogP contribution is -2.05. The Labute approximate surface area is 163 Å². The maximum atomic E-state index is 12.8. The molecule has 1 aromatic heterocycles. The van der Waals surface area contributed by atoms with Crippen LogP contribution in [0.2, 0.25) is 5.02 Å². The fourth-order valence-electron chi connectivity index (χ4n) is 2.26. The molecule has 0 fully saturated rings. The van der Waals surface area contributed by atoms with Crippen LogP contribution in [0.3, 0.4) is 0 Å². The molecule has 4 nitrogen and oxygen atoms in total. The summed E-state index contributed by atoms with van der Waals surface area (Å²) in [4.78, 5) is 0. The molecule has 0 saturated heterocycles. The molecule has 0 saturated carbocycles. The van der Waals surface area contributed by atoms with Gasteiger partial charge in [0.1, 0.15) is 12.4 Å². The van der Waals surface area contributed by atoms with Gasteiger partial charge < -0.3 is 9.30 Å². The van der Waals surface area contributed by atoms with E-state index in [0.717, 1.165) is 12.1 Å². The molecule has 9 heteroatoms. The fourth-order valence-corrected chi connectivity index (χ4v) is 3.26. The minimum Gasteiger partial charge on any atom is -0.486 e. The van der Waals surface area contributed by atoms with E-state index in [1.807, 2.05) is 0 Å². The van der Waals surface area contributed by atoms with Gasteiger partial charge in [-0.1, -0.05) is 41.6 Å². The van der Waals surface area contributed by atoms with Crippen LogP contribution in [0, 0.1) is 0 Å².